The molecule has 0 saturated carbocycles. The summed E-state index contributed by atoms with van der Waals surface area (Å²) in [5, 5.41) is 5.72. The molecule has 1 unspecified atom stereocenters. The van der Waals surface area contributed by atoms with Crippen LogP contribution in [-0.2, 0) is 4.79 Å². The van der Waals surface area contributed by atoms with Gasteiger partial charge in [-0.2, -0.15) is 0 Å². The molecule has 0 spiro atoms. The molecule has 6 heteroatoms. The Morgan fingerprint density at radius 3 is 2.50 bits per heavy atom. The minimum absolute atomic E-state index is 0.101. The highest BCUT2D eigenvalue weighted by Gasteiger charge is 2.19. The molecule has 2 rings (SSSR count). The molecule has 1 aromatic carbocycles. The second kappa shape index (κ2) is 8.68. The zero-order valence-electron chi connectivity index (χ0n) is 13.8. The third-order valence-electron chi connectivity index (χ3n) is 3.54. The molecule has 0 fully saturated rings. The van der Waals surface area contributed by atoms with E-state index in [0.717, 1.165) is 11.4 Å². The Balaban J connectivity index is 1.89. The Morgan fingerprint density at radius 1 is 1.21 bits per heavy atom. The van der Waals surface area contributed by atoms with Crippen molar-refractivity contribution in [2.45, 2.75) is 39.2 Å². The summed E-state index contributed by atoms with van der Waals surface area (Å²) < 4.78 is 12.9. The maximum atomic E-state index is 12.9. The van der Waals surface area contributed by atoms with E-state index >= 15 is 0 Å². The van der Waals surface area contributed by atoms with Gasteiger partial charge in [0.15, 0.2) is 5.78 Å². The first-order valence-electron chi connectivity index (χ1n) is 7.93. The molecular formula is C18H21FN2O2S. The lowest BCUT2D eigenvalue weighted by molar-refractivity contribution is -0.121. The van der Waals surface area contributed by atoms with E-state index in [9.17, 15) is 14.0 Å². The number of benzene rings is 1. The van der Waals surface area contributed by atoms with E-state index in [2.05, 4.69) is 24.1 Å². The third-order valence-corrected chi connectivity index (χ3v) is 4.43. The predicted molar refractivity (Wildman–Crippen MR) is 92.4 cm³/mol. The first-order chi connectivity index (χ1) is 11.5. The first-order valence-corrected chi connectivity index (χ1v) is 8.81. The van der Waals surface area contributed by atoms with Crippen molar-refractivity contribution >= 4 is 23.0 Å². The highest BCUT2D eigenvalue weighted by Crippen LogP contribution is 2.23. The van der Waals surface area contributed by atoms with E-state index in [0.29, 0.717) is 11.5 Å². The predicted octanol–water partition coefficient (Wildman–Crippen LogP) is 4.15. The van der Waals surface area contributed by atoms with Crippen LogP contribution in [0.5, 0.6) is 0 Å². The fourth-order valence-electron chi connectivity index (χ4n) is 2.37. The zero-order chi connectivity index (χ0) is 17.5. The van der Waals surface area contributed by atoms with Crippen molar-refractivity contribution in [3.05, 3.63) is 52.2 Å². The summed E-state index contributed by atoms with van der Waals surface area (Å²) in [5.41, 5.74) is 0.419. The van der Waals surface area contributed by atoms with Crippen molar-refractivity contribution < 1.29 is 14.0 Å². The Morgan fingerprint density at radius 2 is 1.92 bits per heavy atom. The number of amides is 1. The number of rotatable bonds is 8. The Bertz CT molecular complexity index is 669. The quantitative estimate of drug-likeness (QED) is 0.729. The van der Waals surface area contributed by atoms with Crippen LogP contribution in [0, 0.1) is 11.7 Å². The van der Waals surface area contributed by atoms with Crippen molar-refractivity contribution in [3.8, 4) is 0 Å². The maximum absolute atomic E-state index is 12.9. The summed E-state index contributed by atoms with van der Waals surface area (Å²) in [5.74, 6) is -0.310. The third kappa shape index (κ3) is 5.53. The van der Waals surface area contributed by atoms with E-state index in [1.165, 1.54) is 35.6 Å². The van der Waals surface area contributed by atoms with E-state index < -0.39 is 0 Å². The average Bonchev–Trinajstić information content (AvgIpc) is 3.06. The lowest BCUT2D eigenvalue weighted by atomic mass is 10.0. The summed E-state index contributed by atoms with van der Waals surface area (Å²) >= 11 is 1.51. The molecule has 1 amide bonds. The molecule has 0 aliphatic carbocycles. The van der Waals surface area contributed by atoms with Gasteiger partial charge >= 0.3 is 0 Å². The van der Waals surface area contributed by atoms with E-state index in [-0.39, 0.29) is 36.4 Å². The van der Waals surface area contributed by atoms with Gasteiger partial charge in [-0.25, -0.2) is 9.37 Å². The minimum Gasteiger partial charge on any atom is -0.347 e. The van der Waals surface area contributed by atoms with Crippen LogP contribution in [0.4, 0.5) is 4.39 Å². The van der Waals surface area contributed by atoms with Gasteiger partial charge in [-0.05, 0) is 36.6 Å². The van der Waals surface area contributed by atoms with Gasteiger partial charge < -0.3 is 5.32 Å². The minimum atomic E-state index is -0.385. The van der Waals surface area contributed by atoms with Gasteiger partial charge in [0.1, 0.15) is 10.8 Å². The van der Waals surface area contributed by atoms with Gasteiger partial charge in [-0.3, -0.25) is 9.59 Å². The van der Waals surface area contributed by atoms with Crippen LogP contribution >= 0.6 is 11.3 Å². The van der Waals surface area contributed by atoms with Crippen LogP contribution in [0.25, 0.3) is 0 Å². The molecule has 1 N–H and O–H groups in total. The molecule has 0 aliphatic rings. The van der Waals surface area contributed by atoms with Gasteiger partial charge in [0.05, 0.1) is 6.04 Å². The second-order valence-electron chi connectivity index (χ2n) is 6.05. The van der Waals surface area contributed by atoms with Crippen LogP contribution in [-0.4, -0.2) is 16.7 Å². The highest BCUT2D eigenvalue weighted by atomic mass is 32.1. The van der Waals surface area contributed by atoms with Crippen molar-refractivity contribution in [1.82, 2.24) is 10.3 Å². The summed E-state index contributed by atoms with van der Waals surface area (Å²) in [6.07, 6.45) is 2.72. The number of hydrogen-bond donors (Lipinski definition) is 1. The van der Waals surface area contributed by atoms with Crippen molar-refractivity contribution in [2.24, 2.45) is 5.92 Å². The van der Waals surface area contributed by atoms with Gasteiger partial charge in [0, 0.05) is 30.0 Å². The average molecular weight is 348 g/mol. The number of thiazole rings is 1. The molecule has 0 aliphatic heterocycles. The molecular weight excluding hydrogens is 327 g/mol. The van der Waals surface area contributed by atoms with Crippen LogP contribution in [0.15, 0.2) is 35.8 Å². The fraction of sp³-hybridized carbons (Fsp3) is 0.389. The molecule has 0 saturated heterocycles. The van der Waals surface area contributed by atoms with Gasteiger partial charge in [0.2, 0.25) is 5.91 Å². The lowest BCUT2D eigenvalue weighted by Crippen LogP contribution is -2.29. The largest absolute Gasteiger partial charge is 0.347 e. The van der Waals surface area contributed by atoms with Gasteiger partial charge in [0.25, 0.3) is 0 Å². The number of nitrogens with zero attached hydrogens (tertiary/aromatic N) is 1. The monoisotopic (exact) mass is 348 g/mol. The summed E-state index contributed by atoms with van der Waals surface area (Å²) in [6.45, 7) is 4.18. The number of halogens is 1. The Labute approximate surface area is 145 Å². The topological polar surface area (TPSA) is 59.1 Å². The second-order valence-corrected chi connectivity index (χ2v) is 6.98. The number of nitrogens with one attached hydrogen (secondary N) is 1. The molecule has 0 radical (unpaired) electrons. The zero-order valence-corrected chi connectivity index (χ0v) is 14.6. The summed E-state index contributed by atoms with van der Waals surface area (Å²) in [6, 6.07) is 5.24. The number of carbonyl (C=O) groups excluding carboxylic acids is 2. The smallest absolute Gasteiger partial charge is 0.221 e. The summed E-state index contributed by atoms with van der Waals surface area (Å²) in [7, 11) is 0. The van der Waals surface area contributed by atoms with Crippen LogP contribution < -0.4 is 5.32 Å². The standard InChI is InChI=1S/C18H21FN2O2S/c1-12(2)11-15(18-20-9-10-24-18)21-17(23)8-7-16(22)13-3-5-14(19)6-4-13/h3-6,9-10,12,15H,7-8,11H2,1-2H3,(H,21,23). The van der Waals surface area contributed by atoms with Crippen LogP contribution in [0.3, 0.4) is 0 Å². The molecule has 1 atom stereocenters. The van der Waals surface area contributed by atoms with Gasteiger partial charge in [-0.1, -0.05) is 13.8 Å². The molecule has 128 valence electrons. The van der Waals surface area contributed by atoms with Crippen molar-refractivity contribution in [2.75, 3.05) is 0 Å². The fourth-order valence-corrected chi connectivity index (χ4v) is 3.08. The maximum Gasteiger partial charge on any atom is 0.221 e. The molecule has 4 nitrogen and oxygen atoms in total. The van der Waals surface area contributed by atoms with Gasteiger partial charge in [-0.15, -0.1) is 11.3 Å². The number of ketones is 1. The normalized spacial score (nSPS) is 12.2. The SMILES string of the molecule is CC(C)CC(NC(=O)CCC(=O)c1ccc(F)cc1)c1nccs1. The number of hydrogen-bond acceptors (Lipinski definition) is 4. The number of carbonyl (C=O) groups is 2. The molecule has 24 heavy (non-hydrogen) atoms. The first kappa shape index (κ1) is 18.3. The lowest BCUT2D eigenvalue weighted by Gasteiger charge is -2.18. The molecule has 1 aromatic heterocycles. The van der Waals surface area contributed by atoms with Crippen molar-refractivity contribution in [1.29, 1.82) is 0 Å². The molecule has 1 heterocycles. The van der Waals surface area contributed by atoms with E-state index in [1.54, 1.807) is 6.20 Å². The molecule has 0 bridgehead atoms. The highest BCUT2D eigenvalue weighted by molar-refractivity contribution is 7.09. The van der Waals surface area contributed by atoms with E-state index in [1.807, 2.05) is 5.38 Å². The molecule has 2 aromatic rings. The summed E-state index contributed by atoms with van der Waals surface area (Å²) in [4.78, 5) is 28.5. The number of Topliss-reactive ketones (excluding diaryl/α,β-unsaturated/α-hetero) is 1. The Kier molecular flexibility index (Phi) is 6.61. The number of aromatic nitrogens is 1. The van der Waals surface area contributed by atoms with Crippen molar-refractivity contribution in [3.63, 3.8) is 0 Å². The van der Waals surface area contributed by atoms with Crippen LogP contribution in [0.1, 0.15) is 54.5 Å². The Hall–Kier alpha value is -2.08. The van der Waals surface area contributed by atoms with E-state index in [4.69, 9.17) is 0 Å². The van der Waals surface area contributed by atoms with Crippen LogP contribution in [0.2, 0.25) is 0 Å².